The molecule has 0 saturated carbocycles. The summed E-state index contributed by atoms with van der Waals surface area (Å²) in [6.07, 6.45) is 5.97. The lowest BCUT2D eigenvalue weighted by Gasteiger charge is -2.22. The topological polar surface area (TPSA) is 50.2 Å². The summed E-state index contributed by atoms with van der Waals surface area (Å²) in [6, 6.07) is 0.251. The summed E-state index contributed by atoms with van der Waals surface area (Å²) in [6.45, 7) is 8.14. The highest BCUT2D eigenvalue weighted by molar-refractivity contribution is 5.94. The van der Waals surface area contributed by atoms with E-state index in [2.05, 4.69) is 29.2 Å². The van der Waals surface area contributed by atoms with Gasteiger partial charge >= 0.3 is 0 Å². The van der Waals surface area contributed by atoms with E-state index in [1.165, 1.54) is 12.8 Å². The lowest BCUT2D eigenvalue weighted by Crippen LogP contribution is -2.40. The highest BCUT2D eigenvalue weighted by Gasteiger charge is 2.24. The maximum atomic E-state index is 12.1. The Morgan fingerprint density at radius 3 is 2.56 bits per heavy atom. The zero-order valence-corrected chi connectivity index (χ0v) is 11.4. The smallest absolute Gasteiger partial charge is 0.241 e. The second-order valence-electron chi connectivity index (χ2n) is 5.21. The molecule has 1 N–H and O–H groups in total. The van der Waals surface area contributed by atoms with Crippen LogP contribution in [-0.2, 0) is 4.79 Å². The summed E-state index contributed by atoms with van der Waals surface area (Å²) < 4.78 is 1.84. The number of nitrogens with one attached hydrogen (secondary N) is 1. The van der Waals surface area contributed by atoms with E-state index in [-0.39, 0.29) is 11.9 Å². The molecule has 2 rings (SSSR count). The van der Waals surface area contributed by atoms with Gasteiger partial charge in [0.1, 0.15) is 0 Å². The summed E-state index contributed by atoms with van der Waals surface area (Å²) in [5, 5.41) is 7.14. The second-order valence-corrected chi connectivity index (χ2v) is 5.21. The van der Waals surface area contributed by atoms with Crippen LogP contribution in [0.1, 0.15) is 39.7 Å². The highest BCUT2D eigenvalue weighted by atomic mass is 16.2. The van der Waals surface area contributed by atoms with Crippen LogP contribution in [0.3, 0.4) is 0 Å². The number of hydrogen-bond donors (Lipinski definition) is 1. The molecule has 1 fully saturated rings. The first-order valence-corrected chi connectivity index (χ1v) is 6.67. The van der Waals surface area contributed by atoms with E-state index >= 15 is 0 Å². The zero-order chi connectivity index (χ0) is 13.1. The number of carbonyl (C=O) groups is 1. The van der Waals surface area contributed by atoms with E-state index in [1.807, 2.05) is 17.8 Å². The predicted octanol–water partition coefficient (Wildman–Crippen LogP) is 1.89. The van der Waals surface area contributed by atoms with Gasteiger partial charge in [-0.15, -0.1) is 0 Å². The number of carbonyl (C=O) groups excluding carboxylic acids is 1. The molecule has 1 atom stereocenters. The average molecular weight is 250 g/mol. The number of anilines is 1. The fourth-order valence-corrected chi connectivity index (χ4v) is 2.23. The lowest BCUT2D eigenvalue weighted by atomic mass is 10.2. The van der Waals surface area contributed by atoms with Crippen LogP contribution in [0.25, 0.3) is 0 Å². The Balaban J connectivity index is 1.93. The number of hydrogen-bond acceptors (Lipinski definition) is 3. The SMILES string of the molecule is CC(C(=O)Nc1cnn(C(C)C)c1)N1CCCC1. The molecule has 18 heavy (non-hydrogen) atoms. The van der Waals surface area contributed by atoms with Gasteiger partial charge in [0.25, 0.3) is 0 Å². The minimum absolute atomic E-state index is 0.0557. The Bertz CT molecular complexity index is 407. The van der Waals surface area contributed by atoms with Crippen LogP contribution in [0.5, 0.6) is 0 Å². The number of likely N-dealkylation sites (tertiary alicyclic amines) is 1. The molecule has 1 unspecified atom stereocenters. The Labute approximate surface area is 108 Å². The van der Waals surface area contributed by atoms with Gasteiger partial charge in [0.05, 0.1) is 17.9 Å². The van der Waals surface area contributed by atoms with Gasteiger partial charge in [-0.3, -0.25) is 14.4 Å². The predicted molar refractivity (Wildman–Crippen MR) is 71.5 cm³/mol. The molecule has 1 aliphatic rings. The molecule has 1 aromatic heterocycles. The van der Waals surface area contributed by atoms with Crippen LogP contribution in [0, 0.1) is 0 Å². The Kier molecular flexibility index (Phi) is 4.01. The third-order valence-corrected chi connectivity index (χ3v) is 3.47. The molecule has 1 aromatic rings. The third-order valence-electron chi connectivity index (χ3n) is 3.47. The minimum Gasteiger partial charge on any atom is -0.322 e. The summed E-state index contributed by atoms with van der Waals surface area (Å²) in [7, 11) is 0. The molecule has 5 nitrogen and oxygen atoms in total. The molecule has 1 saturated heterocycles. The van der Waals surface area contributed by atoms with Crippen molar-refractivity contribution in [2.45, 2.75) is 45.7 Å². The second kappa shape index (κ2) is 5.52. The van der Waals surface area contributed by atoms with Crippen molar-refractivity contribution in [2.75, 3.05) is 18.4 Å². The van der Waals surface area contributed by atoms with Gasteiger partial charge in [-0.1, -0.05) is 0 Å². The van der Waals surface area contributed by atoms with Crippen molar-refractivity contribution in [1.29, 1.82) is 0 Å². The maximum absolute atomic E-state index is 12.1. The van der Waals surface area contributed by atoms with Crippen LogP contribution in [0.2, 0.25) is 0 Å². The number of rotatable bonds is 4. The molecule has 0 bridgehead atoms. The summed E-state index contributed by atoms with van der Waals surface area (Å²) in [5.74, 6) is 0.0557. The molecule has 1 amide bonds. The van der Waals surface area contributed by atoms with E-state index in [0.29, 0.717) is 6.04 Å². The molecule has 2 heterocycles. The Morgan fingerprint density at radius 1 is 1.33 bits per heavy atom. The van der Waals surface area contributed by atoms with Gasteiger partial charge in [0, 0.05) is 12.2 Å². The van der Waals surface area contributed by atoms with E-state index in [4.69, 9.17) is 0 Å². The van der Waals surface area contributed by atoms with Crippen LogP contribution in [0.4, 0.5) is 5.69 Å². The van der Waals surface area contributed by atoms with Gasteiger partial charge in [0.2, 0.25) is 5.91 Å². The van der Waals surface area contributed by atoms with Gasteiger partial charge < -0.3 is 5.32 Å². The van der Waals surface area contributed by atoms with Crippen molar-refractivity contribution in [3.8, 4) is 0 Å². The van der Waals surface area contributed by atoms with Crippen molar-refractivity contribution >= 4 is 11.6 Å². The van der Waals surface area contributed by atoms with E-state index in [9.17, 15) is 4.79 Å². The first kappa shape index (κ1) is 13.1. The maximum Gasteiger partial charge on any atom is 0.241 e. The normalized spacial score (nSPS) is 18.2. The number of nitrogens with zero attached hydrogens (tertiary/aromatic N) is 3. The summed E-state index contributed by atoms with van der Waals surface area (Å²) in [4.78, 5) is 14.3. The molecule has 0 spiro atoms. The van der Waals surface area contributed by atoms with Crippen LogP contribution >= 0.6 is 0 Å². The molecule has 1 aliphatic heterocycles. The van der Waals surface area contributed by atoms with Crippen molar-refractivity contribution < 1.29 is 4.79 Å². The van der Waals surface area contributed by atoms with Gasteiger partial charge in [-0.05, 0) is 46.7 Å². The fraction of sp³-hybridized carbons (Fsp3) is 0.692. The summed E-state index contributed by atoms with van der Waals surface area (Å²) >= 11 is 0. The minimum atomic E-state index is -0.0603. The lowest BCUT2D eigenvalue weighted by molar-refractivity contribution is -0.120. The van der Waals surface area contributed by atoms with Crippen molar-refractivity contribution in [3.05, 3.63) is 12.4 Å². The number of aromatic nitrogens is 2. The molecular weight excluding hydrogens is 228 g/mol. The number of amides is 1. The van der Waals surface area contributed by atoms with Gasteiger partial charge in [0.15, 0.2) is 0 Å². The van der Waals surface area contributed by atoms with Crippen LogP contribution in [0.15, 0.2) is 12.4 Å². The van der Waals surface area contributed by atoms with Crippen molar-refractivity contribution in [2.24, 2.45) is 0 Å². The van der Waals surface area contributed by atoms with Crippen molar-refractivity contribution in [1.82, 2.24) is 14.7 Å². The van der Waals surface area contributed by atoms with E-state index in [1.54, 1.807) is 6.20 Å². The van der Waals surface area contributed by atoms with Gasteiger partial charge in [-0.25, -0.2) is 0 Å². The highest BCUT2D eigenvalue weighted by Crippen LogP contribution is 2.14. The molecule has 0 aliphatic carbocycles. The summed E-state index contributed by atoms with van der Waals surface area (Å²) in [5.41, 5.74) is 0.778. The standard InChI is InChI=1S/C13H22N4O/c1-10(2)17-9-12(8-14-17)15-13(18)11(3)16-6-4-5-7-16/h8-11H,4-7H2,1-3H3,(H,15,18). The quantitative estimate of drug-likeness (QED) is 0.887. The first-order valence-electron chi connectivity index (χ1n) is 6.67. The molecule has 0 aromatic carbocycles. The van der Waals surface area contributed by atoms with E-state index < -0.39 is 0 Å². The van der Waals surface area contributed by atoms with E-state index in [0.717, 1.165) is 18.8 Å². The monoisotopic (exact) mass is 250 g/mol. The van der Waals surface area contributed by atoms with Gasteiger partial charge in [-0.2, -0.15) is 5.10 Å². The molecular formula is C13H22N4O. The Morgan fingerprint density at radius 2 is 2.00 bits per heavy atom. The largest absolute Gasteiger partial charge is 0.322 e. The third kappa shape index (κ3) is 2.90. The molecule has 0 radical (unpaired) electrons. The van der Waals surface area contributed by atoms with Crippen molar-refractivity contribution in [3.63, 3.8) is 0 Å². The zero-order valence-electron chi connectivity index (χ0n) is 11.4. The Hall–Kier alpha value is -1.36. The average Bonchev–Trinajstić information content (AvgIpc) is 2.98. The molecule has 5 heteroatoms. The first-order chi connectivity index (χ1) is 8.58. The van der Waals surface area contributed by atoms with Crippen LogP contribution < -0.4 is 5.32 Å². The molecule has 100 valence electrons. The van der Waals surface area contributed by atoms with Crippen LogP contribution in [-0.4, -0.2) is 39.7 Å². The fourth-order valence-electron chi connectivity index (χ4n) is 2.23.